The Morgan fingerprint density at radius 2 is 1.78 bits per heavy atom. The zero-order valence-corrected chi connectivity index (χ0v) is 13.4. The van der Waals surface area contributed by atoms with Crippen LogP contribution in [0.3, 0.4) is 0 Å². The van der Waals surface area contributed by atoms with E-state index in [0.29, 0.717) is 5.95 Å². The van der Waals surface area contributed by atoms with Crippen LogP contribution >= 0.6 is 0 Å². The van der Waals surface area contributed by atoms with Crippen LogP contribution in [0, 0.1) is 13.8 Å². The summed E-state index contributed by atoms with van der Waals surface area (Å²) in [5.41, 5.74) is 5.60. The lowest BCUT2D eigenvalue weighted by atomic mass is 10.0. The molecule has 0 amide bonds. The molecule has 3 aromatic rings. The Balaban J connectivity index is 1.94. The van der Waals surface area contributed by atoms with Gasteiger partial charge in [-0.15, -0.1) is 0 Å². The minimum atomic E-state index is 0.484. The summed E-state index contributed by atoms with van der Waals surface area (Å²) in [6.07, 6.45) is 1.74. The predicted octanol–water partition coefficient (Wildman–Crippen LogP) is 3.70. The molecule has 0 unspecified atom stereocenters. The molecule has 3 rings (SSSR count). The van der Waals surface area contributed by atoms with E-state index in [1.54, 1.807) is 13.3 Å². The van der Waals surface area contributed by atoms with E-state index in [2.05, 4.69) is 26.6 Å². The highest BCUT2D eigenvalue weighted by molar-refractivity contribution is 6.02. The lowest BCUT2D eigenvalue weighted by Gasteiger charge is -2.08. The zero-order chi connectivity index (χ0) is 16.2. The first-order chi connectivity index (χ1) is 11.2. The Morgan fingerprint density at radius 1 is 1.04 bits per heavy atom. The maximum Gasteiger partial charge on any atom is 0.243 e. The van der Waals surface area contributed by atoms with Gasteiger partial charge in [0.25, 0.3) is 0 Å². The molecule has 0 aliphatic carbocycles. The quantitative estimate of drug-likeness (QED) is 0.590. The second-order valence-electron chi connectivity index (χ2n) is 5.25. The highest BCUT2D eigenvalue weighted by Gasteiger charge is 2.06. The van der Waals surface area contributed by atoms with Crippen LogP contribution in [0.4, 0.5) is 5.95 Å². The summed E-state index contributed by atoms with van der Waals surface area (Å²) in [7, 11) is 1.65. The molecule has 0 saturated heterocycles. The molecule has 0 saturated carbocycles. The highest BCUT2D eigenvalue weighted by Crippen LogP contribution is 2.26. The standard InChI is InChI=1S/C18H18N4O/c1-12-10-13(2)21-18(20-12)22-19-11-16-15-7-5-4-6-14(15)8-9-17(16)23-3/h4-11H,1-3H3,(H,20,21,22)/b19-11-. The van der Waals surface area contributed by atoms with Crippen molar-refractivity contribution in [2.24, 2.45) is 5.10 Å². The number of methoxy groups -OCH3 is 1. The van der Waals surface area contributed by atoms with Crippen LogP contribution in [0.1, 0.15) is 17.0 Å². The van der Waals surface area contributed by atoms with Gasteiger partial charge in [-0.05, 0) is 36.8 Å². The van der Waals surface area contributed by atoms with Crippen LogP contribution in [0.5, 0.6) is 5.75 Å². The molecule has 0 bridgehead atoms. The van der Waals surface area contributed by atoms with Crippen molar-refractivity contribution in [1.82, 2.24) is 9.97 Å². The van der Waals surface area contributed by atoms with E-state index < -0.39 is 0 Å². The van der Waals surface area contributed by atoms with Gasteiger partial charge >= 0.3 is 0 Å². The number of hydrogen-bond donors (Lipinski definition) is 1. The van der Waals surface area contributed by atoms with Crippen molar-refractivity contribution < 1.29 is 4.74 Å². The number of hydrogen-bond acceptors (Lipinski definition) is 5. The van der Waals surface area contributed by atoms with Crippen molar-refractivity contribution in [3.05, 3.63) is 59.4 Å². The lowest BCUT2D eigenvalue weighted by molar-refractivity contribution is 0.415. The maximum absolute atomic E-state index is 5.44. The van der Waals surface area contributed by atoms with E-state index in [0.717, 1.165) is 33.5 Å². The van der Waals surface area contributed by atoms with Crippen LogP contribution in [-0.4, -0.2) is 23.3 Å². The monoisotopic (exact) mass is 306 g/mol. The summed E-state index contributed by atoms with van der Waals surface area (Å²) >= 11 is 0. The van der Waals surface area contributed by atoms with E-state index in [1.165, 1.54) is 0 Å². The highest BCUT2D eigenvalue weighted by atomic mass is 16.5. The molecule has 1 aromatic heterocycles. The van der Waals surface area contributed by atoms with Crippen molar-refractivity contribution in [3.8, 4) is 5.75 Å². The largest absolute Gasteiger partial charge is 0.496 e. The Kier molecular flexibility index (Phi) is 4.19. The van der Waals surface area contributed by atoms with Gasteiger partial charge in [0.05, 0.1) is 13.3 Å². The van der Waals surface area contributed by atoms with Gasteiger partial charge in [-0.2, -0.15) is 5.10 Å². The van der Waals surface area contributed by atoms with Crippen LogP contribution in [0.25, 0.3) is 10.8 Å². The van der Waals surface area contributed by atoms with E-state index in [1.807, 2.05) is 50.2 Å². The molecule has 0 atom stereocenters. The van der Waals surface area contributed by atoms with Crippen LogP contribution in [-0.2, 0) is 0 Å². The Hall–Kier alpha value is -2.95. The molecule has 23 heavy (non-hydrogen) atoms. The van der Waals surface area contributed by atoms with Gasteiger partial charge in [0.2, 0.25) is 5.95 Å². The first kappa shape index (κ1) is 15.0. The molecule has 5 nitrogen and oxygen atoms in total. The minimum Gasteiger partial charge on any atom is -0.496 e. The van der Waals surface area contributed by atoms with E-state index in [9.17, 15) is 0 Å². The molecule has 0 aliphatic rings. The summed E-state index contributed by atoms with van der Waals surface area (Å²) in [6, 6.07) is 14.0. The average Bonchev–Trinajstić information content (AvgIpc) is 2.54. The normalized spacial score (nSPS) is 11.1. The molecule has 0 aliphatic heterocycles. The average molecular weight is 306 g/mol. The molecular formula is C18H18N4O. The number of aromatic nitrogens is 2. The molecule has 0 fully saturated rings. The Morgan fingerprint density at radius 3 is 2.52 bits per heavy atom. The van der Waals surface area contributed by atoms with Crippen LogP contribution in [0.2, 0.25) is 0 Å². The van der Waals surface area contributed by atoms with Crippen LogP contribution in [0.15, 0.2) is 47.6 Å². The van der Waals surface area contributed by atoms with Gasteiger partial charge in [-0.25, -0.2) is 15.4 Å². The van der Waals surface area contributed by atoms with Crippen molar-refractivity contribution >= 4 is 22.9 Å². The first-order valence-corrected chi connectivity index (χ1v) is 7.34. The fourth-order valence-corrected chi connectivity index (χ4v) is 2.52. The number of benzene rings is 2. The summed E-state index contributed by atoms with van der Waals surface area (Å²) in [4.78, 5) is 8.61. The van der Waals surface area contributed by atoms with Crippen molar-refractivity contribution in [2.75, 3.05) is 12.5 Å². The molecule has 1 N–H and O–H groups in total. The van der Waals surface area contributed by atoms with Crippen LogP contribution < -0.4 is 10.2 Å². The molecule has 5 heteroatoms. The third kappa shape index (κ3) is 3.29. The number of rotatable bonds is 4. The van der Waals surface area contributed by atoms with Gasteiger partial charge in [0, 0.05) is 17.0 Å². The zero-order valence-electron chi connectivity index (χ0n) is 13.4. The number of ether oxygens (including phenoxy) is 1. The molecule has 0 radical (unpaired) electrons. The van der Waals surface area contributed by atoms with Crippen molar-refractivity contribution in [3.63, 3.8) is 0 Å². The summed E-state index contributed by atoms with van der Waals surface area (Å²) in [5, 5.41) is 6.49. The van der Waals surface area contributed by atoms with Gasteiger partial charge < -0.3 is 4.74 Å². The van der Waals surface area contributed by atoms with Gasteiger partial charge in [-0.3, -0.25) is 0 Å². The van der Waals surface area contributed by atoms with E-state index in [4.69, 9.17) is 4.74 Å². The number of aryl methyl sites for hydroxylation is 2. The number of nitrogens with one attached hydrogen (secondary N) is 1. The minimum absolute atomic E-state index is 0.484. The number of anilines is 1. The fourth-order valence-electron chi connectivity index (χ4n) is 2.52. The smallest absolute Gasteiger partial charge is 0.243 e. The van der Waals surface area contributed by atoms with Crippen molar-refractivity contribution in [1.29, 1.82) is 0 Å². The summed E-state index contributed by atoms with van der Waals surface area (Å²) < 4.78 is 5.44. The molecular weight excluding hydrogens is 288 g/mol. The summed E-state index contributed by atoms with van der Waals surface area (Å²) in [5.74, 6) is 1.26. The topological polar surface area (TPSA) is 59.4 Å². The molecule has 1 heterocycles. The molecule has 0 spiro atoms. The number of hydrazone groups is 1. The second kappa shape index (κ2) is 6.44. The van der Waals surface area contributed by atoms with Gasteiger partial charge in [-0.1, -0.05) is 30.3 Å². The Bertz CT molecular complexity index is 854. The third-order valence-corrected chi connectivity index (χ3v) is 3.49. The number of fused-ring (bicyclic) bond motifs is 1. The Labute approximate surface area is 135 Å². The van der Waals surface area contributed by atoms with Crippen molar-refractivity contribution in [2.45, 2.75) is 13.8 Å². The molecule has 2 aromatic carbocycles. The number of nitrogens with zero attached hydrogens (tertiary/aromatic N) is 3. The fraction of sp³-hybridized carbons (Fsp3) is 0.167. The molecule has 116 valence electrons. The SMILES string of the molecule is COc1ccc2ccccc2c1/C=N\Nc1nc(C)cc(C)n1. The van der Waals surface area contributed by atoms with Gasteiger partial charge in [0.1, 0.15) is 5.75 Å². The first-order valence-electron chi connectivity index (χ1n) is 7.34. The van der Waals surface area contributed by atoms with Gasteiger partial charge in [0.15, 0.2) is 0 Å². The third-order valence-electron chi connectivity index (χ3n) is 3.49. The lowest BCUT2D eigenvalue weighted by Crippen LogP contribution is -2.00. The van der Waals surface area contributed by atoms with E-state index in [-0.39, 0.29) is 0 Å². The summed E-state index contributed by atoms with van der Waals surface area (Å²) in [6.45, 7) is 3.86. The maximum atomic E-state index is 5.44. The predicted molar refractivity (Wildman–Crippen MR) is 93.2 cm³/mol. The van der Waals surface area contributed by atoms with E-state index >= 15 is 0 Å². The second-order valence-corrected chi connectivity index (χ2v) is 5.25.